The third kappa shape index (κ3) is 2.72. The monoisotopic (exact) mass is 439 g/mol. The second-order valence-corrected chi connectivity index (χ2v) is 8.39. The molecule has 3 aliphatic heterocycles. The number of benzene rings is 3. The molecule has 3 aromatic rings. The predicted molar refractivity (Wildman–Crippen MR) is 119 cm³/mol. The van der Waals surface area contributed by atoms with Gasteiger partial charge in [0.2, 0.25) is 11.8 Å². The van der Waals surface area contributed by atoms with E-state index in [1.807, 2.05) is 24.3 Å². The Morgan fingerprint density at radius 3 is 2.27 bits per heavy atom. The van der Waals surface area contributed by atoms with Crippen molar-refractivity contribution >= 4 is 29.5 Å². The molecule has 0 saturated carbocycles. The lowest BCUT2D eigenvalue weighted by Gasteiger charge is -2.33. The molecule has 0 N–H and O–H groups in total. The average molecular weight is 439 g/mol. The summed E-state index contributed by atoms with van der Waals surface area (Å²) < 4.78 is 14.6. The number of halogens is 1. The fourth-order valence-corrected chi connectivity index (χ4v) is 5.31. The molecule has 7 heteroatoms. The molecule has 0 aromatic heterocycles. The van der Waals surface area contributed by atoms with Crippen LogP contribution in [0.3, 0.4) is 0 Å². The van der Waals surface area contributed by atoms with E-state index in [0.29, 0.717) is 5.56 Å². The zero-order chi connectivity index (χ0) is 22.7. The van der Waals surface area contributed by atoms with Gasteiger partial charge in [0.25, 0.3) is 0 Å². The molecule has 0 spiro atoms. The SMILES string of the molecule is O=C(c1ccccc1)C1C2C(=O)N(c3ccccc3F)C(=O)C2C2c3ccccc3C=NN12. The summed E-state index contributed by atoms with van der Waals surface area (Å²) in [6, 6.07) is 20.3. The van der Waals surface area contributed by atoms with Crippen LogP contribution in [0, 0.1) is 17.7 Å². The van der Waals surface area contributed by atoms with Crippen LogP contribution in [0.5, 0.6) is 0 Å². The van der Waals surface area contributed by atoms with E-state index in [9.17, 15) is 18.8 Å². The Balaban J connectivity index is 1.52. The summed E-state index contributed by atoms with van der Waals surface area (Å²) in [4.78, 5) is 41.9. The number of imide groups is 1. The number of anilines is 1. The van der Waals surface area contributed by atoms with Crippen molar-refractivity contribution < 1.29 is 18.8 Å². The van der Waals surface area contributed by atoms with Crippen LogP contribution in [-0.2, 0) is 9.59 Å². The number of para-hydroxylation sites is 1. The number of carbonyl (C=O) groups is 3. The summed E-state index contributed by atoms with van der Waals surface area (Å²) in [6.45, 7) is 0. The van der Waals surface area contributed by atoms with Crippen LogP contribution in [0.4, 0.5) is 10.1 Å². The van der Waals surface area contributed by atoms with E-state index in [-0.39, 0.29) is 11.5 Å². The predicted octanol–water partition coefficient (Wildman–Crippen LogP) is 3.59. The van der Waals surface area contributed by atoms with Crippen molar-refractivity contribution in [1.29, 1.82) is 0 Å². The first-order valence-electron chi connectivity index (χ1n) is 10.7. The molecule has 4 unspecified atom stereocenters. The number of hydrogen-bond donors (Lipinski definition) is 0. The summed E-state index contributed by atoms with van der Waals surface area (Å²) in [6.07, 6.45) is 1.65. The Hall–Kier alpha value is -4.13. The molecular weight excluding hydrogens is 421 g/mol. The van der Waals surface area contributed by atoms with Crippen molar-refractivity contribution in [2.45, 2.75) is 12.1 Å². The van der Waals surface area contributed by atoms with Gasteiger partial charge in [-0.3, -0.25) is 19.4 Å². The van der Waals surface area contributed by atoms with Gasteiger partial charge in [0, 0.05) is 5.56 Å². The minimum absolute atomic E-state index is 0.0908. The van der Waals surface area contributed by atoms with Gasteiger partial charge in [-0.15, -0.1) is 0 Å². The van der Waals surface area contributed by atoms with Gasteiger partial charge in [-0.05, 0) is 23.3 Å². The van der Waals surface area contributed by atoms with Crippen molar-refractivity contribution in [1.82, 2.24) is 5.01 Å². The van der Waals surface area contributed by atoms with Gasteiger partial charge in [-0.2, -0.15) is 5.10 Å². The van der Waals surface area contributed by atoms with Gasteiger partial charge >= 0.3 is 0 Å². The third-order valence-corrected chi connectivity index (χ3v) is 6.71. The highest BCUT2D eigenvalue weighted by atomic mass is 19.1. The lowest BCUT2D eigenvalue weighted by atomic mass is 9.83. The zero-order valence-corrected chi connectivity index (χ0v) is 17.3. The number of Topliss-reactive ketones (excluding diaryl/α,β-unsaturated/α-hetero) is 1. The molecule has 4 atom stereocenters. The number of amides is 2. The zero-order valence-electron chi connectivity index (χ0n) is 17.3. The Bertz CT molecular complexity index is 1340. The molecule has 3 aliphatic rings. The van der Waals surface area contributed by atoms with Crippen molar-refractivity contribution in [3.63, 3.8) is 0 Å². The van der Waals surface area contributed by atoms with Gasteiger partial charge in [0.05, 0.1) is 29.8 Å². The number of fused-ring (bicyclic) bond motifs is 5. The van der Waals surface area contributed by atoms with Gasteiger partial charge < -0.3 is 0 Å². The molecule has 2 amide bonds. The summed E-state index contributed by atoms with van der Waals surface area (Å²) in [5, 5.41) is 6.12. The van der Waals surface area contributed by atoms with E-state index in [0.717, 1.165) is 16.0 Å². The molecule has 3 heterocycles. The maximum atomic E-state index is 14.6. The van der Waals surface area contributed by atoms with Crippen LogP contribution < -0.4 is 4.90 Å². The topological polar surface area (TPSA) is 70.0 Å². The highest BCUT2D eigenvalue weighted by molar-refractivity contribution is 6.24. The van der Waals surface area contributed by atoms with E-state index in [1.54, 1.807) is 47.6 Å². The molecule has 0 aliphatic carbocycles. The fraction of sp³-hybridized carbons (Fsp3) is 0.154. The summed E-state index contributed by atoms with van der Waals surface area (Å²) in [5.41, 5.74) is 1.99. The fourth-order valence-electron chi connectivity index (χ4n) is 5.31. The Kier molecular flexibility index (Phi) is 4.26. The standard InChI is InChI=1S/C26H18FN3O3/c27-18-12-6-7-13-19(18)29-25(32)20-21(26(29)33)23(24(31)15-8-2-1-3-9-15)30-22(20)17-11-5-4-10-16(17)14-28-30/h1-14,20-23H. The highest BCUT2D eigenvalue weighted by Gasteiger charge is 2.65. The molecule has 0 radical (unpaired) electrons. The molecule has 162 valence electrons. The van der Waals surface area contributed by atoms with Gasteiger partial charge in [0.1, 0.15) is 11.9 Å². The van der Waals surface area contributed by atoms with Crippen molar-refractivity contribution in [2.75, 3.05) is 4.90 Å². The van der Waals surface area contributed by atoms with Gasteiger partial charge in [-0.1, -0.05) is 66.7 Å². The number of ketones is 1. The maximum Gasteiger partial charge on any atom is 0.240 e. The van der Waals surface area contributed by atoms with E-state index in [1.165, 1.54) is 18.2 Å². The molecule has 33 heavy (non-hydrogen) atoms. The van der Waals surface area contributed by atoms with Crippen LogP contribution in [0.15, 0.2) is 84.0 Å². The molecule has 0 bridgehead atoms. The van der Waals surface area contributed by atoms with Crippen LogP contribution >= 0.6 is 0 Å². The van der Waals surface area contributed by atoms with Crippen LogP contribution in [0.1, 0.15) is 27.5 Å². The van der Waals surface area contributed by atoms with E-state index < -0.39 is 41.6 Å². The smallest absolute Gasteiger partial charge is 0.240 e. The molecular formula is C26H18FN3O3. The van der Waals surface area contributed by atoms with Crippen LogP contribution in [0.25, 0.3) is 0 Å². The molecule has 3 aromatic carbocycles. The largest absolute Gasteiger partial charge is 0.292 e. The second-order valence-electron chi connectivity index (χ2n) is 8.39. The van der Waals surface area contributed by atoms with Gasteiger partial charge in [0.15, 0.2) is 5.78 Å². The summed E-state index contributed by atoms with van der Waals surface area (Å²) >= 11 is 0. The quantitative estimate of drug-likeness (QED) is 0.462. The number of hydrazone groups is 1. The van der Waals surface area contributed by atoms with E-state index in [4.69, 9.17) is 0 Å². The first-order chi connectivity index (χ1) is 16.1. The Morgan fingerprint density at radius 1 is 0.818 bits per heavy atom. The molecule has 2 saturated heterocycles. The molecule has 6 nitrogen and oxygen atoms in total. The van der Waals surface area contributed by atoms with Crippen molar-refractivity contribution in [3.05, 3.63) is 101 Å². The minimum Gasteiger partial charge on any atom is -0.292 e. The Morgan fingerprint density at radius 2 is 1.48 bits per heavy atom. The molecule has 2 fully saturated rings. The van der Waals surface area contributed by atoms with Gasteiger partial charge in [-0.25, -0.2) is 9.29 Å². The Labute approximate surface area is 188 Å². The van der Waals surface area contributed by atoms with Crippen molar-refractivity contribution in [2.24, 2.45) is 16.9 Å². The normalized spacial score (nSPS) is 25.1. The number of rotatable bonds is 3. The number of carbonyl (C=O) groups excluding carboxylic acids is 3. The van der Waals surface area contributed by atoms with Crippen LogP contribution in [-0.4, -0.2) is 34.9 Å². The molecule has 6 rings (SSSR count). The third-order valence-electron chi connectivity index (χ3n) is 6.71. The van der Waals surface area contributed by atoms with E-state index >= 15 is 0 Å². The second kappa shape index (κ2) is 7.20. The van der Waals surface area contributed by atoms with E-state index in [2.05, 4.69) is 5.10 Å². The maximum absolute atomic E-state index is 14.6. The lowest BCUT2D eigenvalue weighted by Crippen LogP contribution is -2.44. The number of hydrogen-bond acceptors (Lipinski definition) is 5. The minimum atomic E-state index is -0.974. The van der Waals surface area contributed by atoms with Crippen LogP contribution in [0.2, 0.25) is 0 Å². The van der Waals surface area contributed by atoms with Crippen molar-refractivity contribution in [3.8, 4) is 0 Å². The summed E-state index contributed by atoms with van der Waals surface area (Å²) in [5.74, 6) is -3.87. The lowest BCUT2D eigenvalue weighted by molar-refractivity contribution is -0.124. The average Bonchev–Trinajstić information content (AvgIpc) is 3.32. The summed E-state index contributed by atoms with van der Waals surface area (Å²) in [7, 11) is 0. The first kappa shape index (κ1) is 19.5. The first-order valence-corrected chi connectivity index (χ1v) is 10.7. The number of nitrogens with zero attached hydrogens (tertiary/aromatic N) is 3. The highest BCUT2D eigenvalue weighted by Crippen LogP contribution is 2.53.